The number of hydrogen-bond donors (Lipinski definition) is 4. The predicted molar refractivity (Wildman–Crippen MR) is 130 cm³/mol. The maximum Gasteiger partial charge on any atom is 0.433 e. The van der Waals surface area contributed by atoms with E-state index in [2.05, 4.69) is 30.6 Å². The van der Waals surface area contributed by atoms with Crippen molar-refractivity contribution in [2.75, 3.05) is 25.6 Å². The van der Waals surface area contributed by atoms with Crippen molar-refractivity contribution in [3.05, 3.63) is 59.9 Å². The number of fused-ring (bicyclic) bond motifs is 1. The molecular formula is C24H24F3N7O4. The molecule has 14 heteroatoms. The van der Waals surface area contributed by atoms with E-state index in [4.69, 9.17) is 14.9 Å². The third-order valence-corrected chi connectivity index (χ3v) is 5.47. The molecule has 0 fully saturated rings. The standard InChI is InChI=1S/C24H24F3N7O4/c1-12(10-31-23-29-8-3-9-30-23)32-21(36)19-20(15(28)11-35)38-22(34-19)14-4-6-16(37-2)18-13(14)5-7-17(33-18)24(25,26)27/h3-9,12,15,35H,10-11,28H2,1-2H3,(H,32,36)(H,29,30,31)/t12-,15-/m1/s1. The van der Waals surface area contributed by atoms with Crippen LogP contribution in [-0.4, -0.2) is 57.3 Å². The van der Waals surface area contributed by atoms with E-state index in [1.54, 1.807) is 25.4 Å². The van der Waals surface area contributed by atoms with Crippen molar-refractivity contribution >= 4 is 22.8 Å². The van der Waals surface area contributed by atoms with Gasteiger partial charge >= 0.3 is 6.18 Å². The number of carbonyl (C=O) groups is 1. The van der Waals surface area contributed by atoms with Crippen molar-refractivity contribution < 1.29 is 32.2 Å². The van der Waals surface area contributed by atoms with Crippen molar-refractivity contribution in [1.29, 1.82) is 0 Å². The Kier molecular flexibility index (Phi) is 7.73. The van der Waals surface area contributed by atoms with Crippen molar-refractivity contribution in [3.63, 3.8) is 0 Å². The monoisotopic (exact) mass is 531 g/mol. The zero-order valence-corrected chi connectivity index (χ0v) is 20.3. The van der Waals surface area contributed by atoms with E-state index in [9.17, 15) is 23.1 Å². The second kappa shape index (κ2) is 11.0. The first-order valence-electron chi connectivity index (χ1n) is 11.4. The maximum absolute atomic E-state index is 13.3. The van der Waals surface area contributed by atoms with Gasteiger partial charge in [0.1, 0.15) is 17.0 Å². The van der Waals surface area contributed by atoms with E-state index in [0.717, 1.165) is 6.07 Å². The Labute approximate surface area is 214 Å². The lowest BCUT2D eigenvalue weighted by atomic mass is 10.1. The molecule has 4 aromatic rings. The van der Waals surface area contributed by atoms with Crippen LogP contribution < -0.4 is 21.1 Å². The first kappa shape index (κ1) is 26.8. The highest BCUT2D eigenvalue weighted by molar-refractivity contribution is 5.98. The molecule has 3 heterocycles. The van der Waals surface area contributed by atoms with Crippen molar-refractivity contribution in [3.8, 4) is 17.2 Å². The van der Waals surface area contributed by atoms with Crippen LogP contribution in [0.25, 0.3) is 22.4 Å². The number of ether oxygens (including phenoxy) is 1. The predicted octanol–water partition coefficient (Wildman–Crippen LogP) is 2.93. The summed E-state index contributed by atoms with van der Waals surface area (Å²) in [7, 11) is 1.31. The molecule has 11 nitrogen and oxygen atoms in total. The molecule has 1 aromatic carbocycles. The number of nitrogens with zero attached hydrogens (tertiary/aromatic N) is 4. The molecule has 0 bridgehead atoms. The molecule has 0 aliphatic rings. The lowest BCUT2D eigenvalue weighted by Gasteiger charge is -2.14. The Bertz CT molecular complexity index is 1430. The number of benzene rings is 1. The number of alkyl halides is 3. The van der Waals surface area contributed by atoms with Crippen LogP contribution in [0.5, 0.6) is 5.75 Å². The summed E-state index contributed by atoms with van der Waals surface area (Å²) in [4.78, 5) is 29.2. The molecule has 0 spiro atoms. The Balaban J connectivity index is 1.67. The lowest BCUT2D eigenvalue weighted by molar-refractivity contribution is -0.140. The number of rotatable bonds is 9. The van der Waals surface area contributed by atoms with Gasteiger partial charge in [-0.1, -0.05) is 0 Å². The molecule has 0 saturated carbocycles. The number of aliphatic hydroxyl groups excluding tert-OH is 1. The van der Waals surface area contributed by atoms with Gasteiger partial charge in [-0.05, 0) is 37.3 Å². The summed E-state index contributed by atoms with van der Waals surface area (Å²) in [6.45, 7) is 1.48. The first-order chi connectivity index (χ1) is 18.1. The van der Waals surface area contributed by atoms with E-state index < -0.39 is 36.5 Å². The Morgan fingerprint density at radius 3 is 2.58 bits per heavy atom. The van der Waals surface area contributed by atoms with Crippen molar-refractivity contribution in [1.82, 2.24) is 25.3 Å². The number of amides is 1. The number of anilines is 1. The smallest absolute Gasteiger partial charge is 0.433 e. The number of pyridine rings is 1. The Morgan fingerprint density at radius 2 is 1.92 bits per heavy atom. The number of nitrogens with two attached hydrogens (primary N) is 1. The molecule has 5 N–H and O–H groups in total. The minimum atomic E-state index is -4.66. The molecule has 4 rings (SSSR count). The highest BCUT2D eigenvalue weighted by Crippen LogP contribution is 2.37. The SMILES string of the molecule is COc1ccc(-c2nc(C(=O)N[C@H](C)CNc3ncccn3)c([C@H](N)CO)o2)c2ccc(C(F)(F)F)nc12. The van der Waals surface area contributed by atoms with Crippen LogP contribution in [0.3, 0.4) is 0 Å². The van der Waals surface area contributed by atoms with Gasteiger partial charge in [0.15, 0.2) is 11.5 Å². The van der Waals surface area contributed by atoms with E-state index in [1.807, 2.05) is 0 Å². The minimum absolute atomic E-state index is 0.0696. The van der Waals surface area contributed by atoms with Gasteiger partial charge < -0.3 is 30.6 Å². The molecule has 2 atom stereocenters. The summed E-state index contributed by atoms with van der Waals surface area (Å²) in [5.74, 6) is -0.316. The van der Waals surface area contributed by atoms with Crippen LogP contribution in [0.1, 0.15) is 34.9 Å². The number of aliphatic hydroxyl groups is 1. The molecule has 0 saturated heterocycles. The minimum Gasteiger partial charge on any atom is -0.494 e. The van der Waals surface area contributed by atoms with Gasteiger partial charge in [0, 0.05) is 35.9 Å². The van der Waals surface area contributed by atoms with Crippen LogP contribution in [0.15, 0.2) is 47.1 Å². The largest absolute Gasteiger partial charge is 0.494 e. The molecule has 0 aliphatic carbocycles. The number of hydrogen-bond acceptors (Lipinski definition) is 10. The normalized spacial score (nSPS) is 13.2. The number of oxazole rings is 1. The van der Waals surface area contributed by atoms with Crippen LogP contribution >= 0.6 is 0 Å². The summed E-state index contributed by atoms with van der Waals surface area (Å²) < 4.78 is 50.8. The van der Waals surface area contributed by atoms with E-state index >= 15 is 0 Å². The van der Waals surface area contributed by atoms with Crippen LogP contribution in [0, 0.1) is 0 Å². The van der Waals surface area contributed by atoms with Crippen LogP contribution in [-0.2, 0) is 6.18 Å². The van der Waals surface area contributed by atoms with Crippen LogP contribution in [0.4, 0.5) is 19.1 Å². The van der Waals surface area contributed by atoms with E-state index in [-0.39, 0.29) is 46.1 Å². The molecule has 0 unspecified atom stereocenters. The highest BCUT2D eigenvalue weighted by atomic mass is 19.4. The topological polar surface area (TPSA) is 161 Å². The van der Waals surface area contributed by atoms with Crippen molar-refractivity contribution in [2.45, 2.75) is 25.2 Å². The van der Waals surface area contributed by atoms with E-state index in [0.29, 0.717) is 5.95 Å². The average Bonchev–Trinajstić information content (AvgIpc) is 3.36. The summed E-state index contributed by atoms with van der Waals surface area (Å²) in [5, 5.41) is 15.6. The summed E-state index contributed by atoms with van der Waals surface area (Å²) >= 11 is 0. The van der Waals surface area contributed by atoms with E-state index in [1.165, 1.54) is 25.3 Å². The lowest BCUT2D eigenvalue weighted by Crippen LogP contribution is -2.38. The Hall–Kier alpha value is -4.30. The third-order valence-electron chi connectivity index (χ3n) is 5.47. The second-order valence-corrected chi connectivity index (χ2v) is 8.25. The zero-order valence-electron chi connectivity index (χ0n) is 20.3. The summed E-state index contributed by atoms with van der Waals surface area (Å²) in [5.41, 5.74) is 4.88. The maximum atomic E-state index is 13.3. The van der Waals surface area contributed by atoms with Gasteiger partial charge in [-0.25, -0.2) is 19.9 Å². The molecule has 1 amide bonds. The third kappa shape index (κ3) is 5.65. The van der Waals surface area contributed by atoms with Gasteiger partial charge in [0.25, 0.3) is 5.91 Å². The first-order valence-corrected chi connectivity index (χ1v) is 11.4. The molecule has 38 heavy (non-hydrogen) atoms. The zero-order chi connectivity index (χ0) is 27.4. The molecule has 200 valence electrons. The highest BCUT2D eigenvalue weighted by Gasteiger charge is 2.33. The fraction of sp³-hybridized carbons (Fsp3) is 0.292. The number of nitrogens with one attached hydrogen (secondary N) is 2. The number of halogens is 3. The van der Waals surface area contributed by atoms with Gasteiger partial charge in [0.05, 0.1) is 19.8 Å². The van der Waals surface area contributed by atoms with Gasteiger partial charge in [-0.15, -0.1) is 0 Å². The average molecular weight is 531 g/mol. The molecule has 3 aromatic heterocycles. The number of carbonyl (C=O) groups excluding carboxylic acids is 1. The van der Waals surface area contributed by atoms with Crippen molar-refractivity contribution in [2.24, 2.45) is 5.73 Å². The van der Waals surface area contributed by atoms with Gasteiger partial charge in [0.2, 0.25) is 11.8 Å². The number of methoxy groups -OCH3 is 1. The molecular weight excluding hydrogens is 507 g/mol. The van der Waals surface area contributed by atoms with Gasteiger partial charge in [-0.3, -0.25) is 4.79 Å². The molecule has 0 aliphatic heterocycles. The Morgan fingerprint density at radius 1 is 1.18 bits per heavy atom. The van der Waals surface area contributed by atoms with Crippen LogP contribution in [0.2, 0.25) is 0 Å². The summed E-state index contributed by atoms with van der Waals surface area (Å²) in [6, 6.07) is 5.16. The quantitative estimate of drug-likeness (QED) is 0.253. The number of aromatic nitrogens is 4. The summed E-state index contributed by atoms with van der Waals surface area (Å²) in [6.07, 6.45) is -1.52. The fourth-order valence-electron chi connectivity index (χ4n) is 3.62. The molecule has 0 radical (unpaired) electrons. The van der Waals surface area contributed by atoms with Gasteiger partial charge in [-0.2, -0.15) is 13.2 Å². The second-order valence-electron chi connectivity index (χ2n) is 8.25. The fourth-order valence-corrected chi connectivity index (χ4v) is 3.62.